The van der Waals surface area contributed by atoms with Crippen molar-refractivity contribution in [1.29, 1.82) is 0 Å². The van der Waals surface area contributed by atoms with Crippen LogP contribution in [0, 0.1) is 0 Å². The van der Waals surface area contributed by atoms with Crippen LogP contribution in [0.1, 0.15) is 16.7 Å². The summed E-state index contributed by atoms with van der Waals surface area (Å²) < 4.78 is 56.7. The van der Waals surface area contributed by atoms with E-state index in [1.165, 1.54) is 0 Å². The molecule has 9 nitrogen and oxygen atoms in total. The fourth-order valence-electron chi connectivity index (χ4n) is 5.02. The number of para-hydroxylation sites is 3. The van der Waals surface area contributed by atoms with Gasteiger partial charge in [-0.1, -0.05) is 143 Å². The largest absolute Gasteiger partial charge is 0.460 e. The summed E-state index contributed by atoms with van der Waals surface area (Å²) in [5, 5.41) is 0. The summed E-state index contributed by atoms with van der Waals surface area (Å²) in [5.41, 5.74) is 2.69. The number of nitrogens with zero attached hydrogens (tertiary/aromatic N) is 3. The van der Waals surface area contributed by atoms with Crippen LogP contribution in [0.15, 0.2) is 197 Å². The maximum Gasteiger partial charge on any atom is 0.460 e. The van der Waals surface area contributed by atoms with Crippen LogP contribution in [-0.2, 0) is 0 Å². The van der Waals surface area contributed by atoms with E-state index in [0.29, 0.717) is 34.5 Å². The highest BCUT2D eigenvalue weighted by Crippen LogP contribution is 2.78. The van der Waals surface area contributed by atoms with E-state index >= 15 is 0 Å². The molecule has 7 rings (SSSR count). The van der Waals surface area contributed by atoms with E-state index in [-0.39, 0.29) is 0 Å². The lowest BCUT2D eigenvalue weighted by atomic mass is 10.2. The van der Waals surface area contributed by atoms with Crippen LogP contribution < -0.4 is 27.1 Å². The molecular formula is C42H36N3O6P3. The molecule has 1 aliphatic rings. The molecule has 270 valence electrons. The average Bonchev–Trinajstić information content (AvgIpc) is 3.19. The standard InChI is InChI=1S/C42H36N3O6P3/c1-4-34-22-28-40(29-23-34)49-52(46-37-16-10-7-11-17-37)43-53(47-38-18-12-8-13-19-38,50-41-30-24-35(5-2)25-31-41)45-54(44-52,48-39-20-14-9-15-21-39)51-42-32-26-36(6-3)27-33-42/h4-33H,1-3H2. The maximum absolute atomic E-state index is 6.85. The Balaban J connectivity index is 1.55. The third-order valence-electron chi connectivity index (χ3n) is 7.60. The third-order valence-corrected chi connectivity index (χ3v) is 15.7. The fourth-order valence-corrected chi connectivity index (χ4v) is 14.1. The lowest BCUT2D eigenvalue weighted by molar-refractivity contribution is 0.443. The van der Waals surface area contributed by atoms with Gasteiger partial charge in [0.15, 0.2) is 0 Å². The Hall–Kier alpha value is -5.97. The van der Waals surface area contributed by atoms with Crippen molar-refractivity contribution in [2.75, 3.05) is 0 Å². The molecule has 54 heavy (non-hydrogen) atoms. The lowest BCUT2D eigenvalue weighted by Crippen LogP contribution is -2.11. The van der Waals surface area contributed by atoms with Crippen molar-refractivity contribution in [1.82, 2.24) is 0 Å². The van der Waals surface area contributed by atoms with Crippen molar-refractivity contribution in [2.45, 2.75) is 0 Å². The average molecular weight is 772 g/mol. The summed E-state index contributed by atoms with van der Waals surface area (Å²) in [6.45, 7) is 11.7. The smallest absolute Gasteiger partial charge is 0.413 e. The summed E-state index contributed by atoms with van der Waals surface area (Å²) in [6.07, 6.45) is 5.23. The van der Waals surface area contributed by atoms with Crippen LogP contribution >= 0.6 is 23.0 Å². The van der Waals surface area contributed by atoms with Crippen LogP contribution in [0.5, 0.6) is 34.5 Å². The van der Waals surface area contributed by atoms with Crippen molar-refractivity contribution in [2.24, 2.45) is 13.5 Å². The van der Waals surface area contributed by atoms with Gasteiger partial charge in [-0.25, -0.2) is 0 Å². The normalized spacial score (nSPS) is 20.0. The molecule has 0 amide bonds. The second kappa shape index (κ2) is 16.4. The Kier molecular flexibility index (Phi) is 11.0. The van der Waals surface area contributed by atoms with Gasteiger partial charge in [0.25, 0.3) is 0 Å². The summed E-state index contributed by atoms with van der Waals surface area (Å²) in [5.74, 6) is 2.55. The van der Waals surface area contributed by atoms with Crippen molar-refractivity contribution < 1.29 is 27.1 Å². The Morgan fingerprint density at radius 2 is 0.500 bits per heavy atom. The van der Waals surface area contributed by atoms with Crippen molar-refractivity contribution in [3.8, 4) is 34.5 Å². The van der Waals surface area contributed by atoms with Crippen LogP contribution in [0.2, 0.25) is 0 Å². The predicted molar refractivity (Wildman–Crippen MR) is 221 cm³/mol. The fraction of sp³-hybridized carbons (Fsp3) is 0. The summed E-state index contributed by atoms with van der Waals surface area (Å²) in [7, 11) is -11.9. The van der Waals surface area contributed by atoms with Crippen molar-refractivity contribution >= 4 is 41.2 Å². The first-order valence-electron chi connectivity index (χ1n) is 16.8. The zero-order valence-electron chi connectivity index (χ0n) is 29.1. The molecule has 12 heteroatoms. The summed E-state index contributed by atoms with van der Waals surface area (Å²) >= 11 is 0. The maximum atomic E-state index is 6.85. The minimum atomic E-state index is -3.98. The van der Waals surface area contributed by atoms with Gasteiger partial charge in [0.05, 0.1) is 0 Å². The van der Waals surface area contributed by atoms with Crippen molar-refractivity contribution in [3.63, 3.8) is 0 Å². The zero-order valence-corrected chi connectivity index (χ0v) is 31.8. The molecule has 0 bridgehead atoms. The third kappa shape index (κ3) is 8.97. The van der Waals surface area contributed by atoms with Crippen LogP contribution in [-0.4, -0.2) is 0 Å². The Bertz CT molecular complexity index is 2120. The first-order chi connectivity index (χ1) is 26.4. The molecule has 0 saturated carbocycles. The highest BCUT2D eigenvalue weighted by molar-refractivity contribution is 7.79. The molecule has 0 radical (unpaired) electrons. The Labute approximate surface area is 315 Å². The summed E-state index contributed by atoms with van der Waals surface area (Å²) in [4.78, 5) is 0. The molecule has 0 saturated heterocycles. The number of hydrogen-bond donors (Lipinski definition) is 0. The van der Waals surface area contributed by atoms with Gasteiger partial charge in [-0.05, 0) is 89.5 Å². The molecule has 0 atom stereocenters. The van der Waals surface area contributed by atoms with Crippen LogP contribution in [0.4, 0.5) is 0 Å². The minimum absolute atomic E-state index is 0.417. The quantitative estimate of drug-likeness (QED) is 0.0965. The molecule has 6 aromatic rings. The monoisotopic (exact) mass is 771 g/mol. The second-order valence-electron chi connectivity index (χ2n) is 11.5. The van der Waals surface area contributed by atoms with E-state index < -0.39 is 23.0 Å². The van der Waals surface area contributed by atoms with Gasteiger partial charge in [0, 0.05) is 0 Å². The first kappa shape index (κ1) is 36.4. The SMILES string of the molecule is C=Cc1ccc(OP2(Oc3ccccc3)=NP(Oc3ccccc3)(Oc3ccc(C=C)cc3)=NP(Oc3ccccc3)(Oc3ccc(C=C)cc3)=N2)cc1. The van der Waals surface area contributed by atoms with Gasteiger partial charge in [-0.15, -0.1) is 0 Å². The molecule has 0 unspecified atom stereocenters. The van der Waals surface area contributed by atoms with E-state index in [4.69, 9.17) is 40.7 Å². The first-order valence-corrected chi connectivity index (χ1v) is 21.4. The van der Waals surface area contributed by atoms with Gasteiger partial charge < -0.3 is 27.1 Å². The number of rotatable bonds is 15. The molecule has 0 N–H and O–H groups in total. The highest BCUT2D eigenvalue weighted by Gasteiger charge is 2.48. The van der Waals surface area contributed by atoms with Crippen LogP contribution in [0.25, 0.3) is 18.2 Å². The van der Waals surface area contributed by atoms with E-state index in [1.54, 1.807) is 91.0 Å². The molecule has 0 aliphatic carbocycles. The Morgan fingerprint density at radius 3 is 0.704 bits per heavy atom. The van der Waals surface area contributed by atoms with Gasteiger partial charge in [0.1, 0.15) is 34.5 Å². The highest BCUT2D eigenvalue weighted by atomic mass is 31.3. The second-order valence-corrected chi connectivity index (χ2v) is 17.7. The molecule has 0 spiro atoms. The van der Waals surface area contributed by atoms with Gasteiger partial charge in [0.2, 0.25) is 0 Å². The number of benzene rings is 6. The van der Waals surface area contributed by atoms with E-state index in [0.717, 1.165) is 16.7 Å². The molecular weight excluding hydrogens is 735 g/mol. The zero-order chi connectivity index (χ0) is 37.3. The molecule has 0 fully saturated rings. The molecule has 0 aromatic heterocycles. The molecule has 1 aliphatic heterocycles. The molecule has 6 aromatic carbocycles. The van der Waals surface area contributed by atoms with E-state index in [1.807, 2.05) is 91.0 Å². The lowest BCUT2D eigenvalue weighted by Gasteiger charge is -2.33. The van der Waals surface area contributed by atoms with E-state index in [2.05, 4.69) is 19.7 Å². The number of hydrogen-bond acceptors (Lipinski definition) is 9. The van der Waals surface area contributed by atoms with Crippen molar-refractivity contribution in [3.05, 3.63) is 200 Å². The van der Waals surface area contributed by atoms with Gasteiger partial charge >= 0.3 is 23.0 Å². The van der Waals surface area contributed by atoms with Gasteiger partial charge in [-0.2, -0.15) is 0 Å². The minimum Gasteiger partial charge on any atom is -0.413 e. The predicted octanol–water partition coefficient (Wildman–Crippen LogP) is 14.2. The summed E-state index contributed by atoms with van der Waals surface area (Å²) in [6, 6.07) is 49.5. The Morgan fingerprint density at radius 1 is 0.296 bits per heavy atom. The van der Waals surface area contributed by atoms with Gasteiger partial charge in [-0.3, -0.25) is 0 Å². The molecule has 1 heterocycles. The topological polar surface area (TPSA) is 92.5 Å². The van der Waals surface area contributed by atoms with E-state index in [9.17, 15) is 0 Å². The van der Waals surface area contributed by atoms with Crippen LogP contribution in [0.3, 0.4) is 0 Å².